The van der Waals surface area contributed by atoms with E-state index in [2.05, 4.69) is 57.5 Å². The number of H-pyrrole nitrogens is 1. The normalized spacial score (nSPS) is 23.6. The number of hydrogen-bond acceptors (Lipinski definition) is 3. The first-order valence-electron chi connectivity index (χ1n) is 6.78. The van der Waals surface area contributed by atoms with Gasteiger partial charge in [-0.25, -0.2) is 0 Å². The fraction of sp³-hybridized carbons (Fsp3) is 0.692. The Kier molecular flexibility index (Phi) is 4.62. The minimum atomic E-state index is -0.115. The van der Waals surface area contributed by atoms with Gasteiger partial charge in [-0.2, -0.15) is 5.10 Å². The Hall–Kier alpha value is -0.880. The number of carbonyl (C=O) groups excluding carboxylic acids is 1. The topological polar surface area (TPSA) is 69.8 Å². The number of amides is 1. The average Bonchev–Trinajstić information content (AvgIpc) is 2.74. The quantitative estimate of drug-likeness (QED) is 0.796. The minimum absolute atomic E-state index is 0.115. The van der Waals surface area contributed by atoms with E-state index in [-0.39, 0.29) is 11.9 Å². The summed E-state index contributed by atoms with van der Waals surface area (Å²) in [7, 11) is 0. The Morgan fingerprint density at radius 1 is 1.53 bits per heavy atom. The van der Waals surface area contributed by atoms with Crippen LogP contribution in [0.1, 0.15) is 55.7 Å². The van der Waals surface area contributed by atoms with Crippen LogP contribution in [0.25, 0.3) is 0 Å². The van der Waals surface area contributed by atoms with Crippen LogP contribution in [0.4, 0.5) is 0 Å². The van der Waals surface area contributed by atoms with Crippen molar-refractivity contribution in [2.24, 2.45) is 0 Å². The standard InChI is InChI=1S/C13H21BrN4O/c1-7(2)11-10(14)12(18-17-11)13(19)16-9-5-4-6-15-8(9)3/h7-9,15H,4-6H2,1-3H3,(H,16,19)(H,17,18). The van der Waals surface area contributed by atoms with Gasteiger partial charge in [-0.05, 0) is 48.2 Å². The number of piperidine rings is 1. The van der Waals surface area contributed by atoms with Crippen molar-refractivity contribution in [3.8, 4) is 0 Å². The summed E-state index contributed by atoms with van der Waals surface area (Å²) in [5.74, 6) is 0.189. The van der Waals surface area contributed by atoms with Crippen LogP contribution in [0.15, 0.2) is 4.47 Å². The zero-order valence-corrected chi connectivity index (χ0v) is 13.2. The lowest BCUT2D eigenvalue weighted by molar-refractivity contribution is 0.0914. The first-order valence-corrected chi connectivity index (χ1v) is 7.58. The van der Waals surface area contributed by atoms with Crippen molar-refractivity contribution >= 4 is 21.8 Å². The number of halogens is 1. The maximum absolute atomic E-state index is 12.3. The molecule has 0 saturated carbocycles. The smallest absolute Gasteiger partial charge is 0.273 e. The number of aromatic nitrogens is 2. The first kappa shape index (κ1) is 14.5. The minimum Gasteiger partial charge on any atom is -0.346 e. The van der Waals surface area contributed by atoms with Crippen molar-refractivity contribution < 1.29 is 4.79 Å². The molecule has 2 rings (SSSR count). The van der Waals surface area contributed by atoms with Gasteiger partial charge in [0.2, 0.25) is 0 Å². The lowest BCUT2D eigenvalue weighted by Crippen LogP contribution is -2.52. The number of aromatic amines is 1. The van der Waals surface area contributed by atoms with E-state index in [0.29, 0.717) is 17.7 Å². The number of rotatable bonds is 3. The molecule has 1 fully saturated rings. The number of nitrogens with zero attached hydrogens (tertiary/aromatic N) is 1. The van der Waals surface area contributed by atoms with E-state index in [4.69, 9.17) is 0 Å². The van der Waals surface area contributed by atoms with Crippen molar-refractivity contribution in [1.82, 2.24) is 20.8 Å². The van der Waals surface area contributed by atoms with Gasteiger partial charge in [0, 0.05) is 12.1 Å². The molecule has 1 aliphatic rings. The van der Waals surface area contributed by atoms with Gasteiger partial charge >= 0.3 is 0 Å². The Morgan fingerprint density at radius 2 is 2.26 bits per heavy atom. The maximum Gasteiger partial charge on any atom is 0.273 e. The molecule has 19 heavy (non-hydrogen) atoms. The lowest BCUT2D eigenvalue weighted by Gasteiger charge is -2.30. The van der Waals surface area contributed by atoms with Gasteiger partial charge in [0.15, 0.2) is 5.69 Å². The van der Waals surface area contributed by atoms with Crippen molar-refractivity contribution in [3.05, 3.63) is 15.9 Å². The van der Waals surface area contributed by atoms with E-state index < -0.39 is 0 Å². The molecule has 0 radical (unpaired) electrons. The number of hydrogen-bond donors (Lipinski definition) is 3. The Bertz CT molecular complexity index is 457. The van der Waals surface area contributed by atoms with E-state index in [1.807, 2.05) is 0 Å². The summed E-state index contributed by atoms with van der Waals surface area (Å²) in [6.07, 6.45) is 2.10. The third-order valence-electron chi connectivity index (χ3n) is 3.60. The lowest BCUT2D eigenvalue weighted by atomic mass is 10.00. The SMILES string of the molecule is CC(C)c1[nH]nc(C(=O)NC2CCCNC2C)c1Br. The summed E-state index contributed by atoms with van der Waals surface area (Å²) in [6.45, 7) is 7.25. The van der Waals surface area contributed by atoms with E-state index in [9.17, 15) is 4.79 Å². The average molecular weight is 329 g/mol. The molecule has 1 aromatic rings. The summed E-state index contributed by atoms with van der Waals surface area (Å²) in [6, 6.07) is 0.479. The molecule has 2 atom stereocenters. The highest BCUT2D eigenvalue weighted by Gasteiger charge is 2.25. The molecule has 0 spiro atoms. The molecule has 0 aliphatic carbocycles. The molecule has 1 aliphatic heterocycles. The molecular weight excluding hydrogens is 308 g/mol. The summed E-state index contributed by atoms with van der Waals surface area (Å²) in [5.41, 5.74) is 1.40. The zero-order valence-electron chi connectivity index (χ0n) is 11.6. The third kappa shape index (κ3) is 3.17. The van der Waals surface area contributed by atoms with Crippen LogP contribution in [0.3, 0.4) is 0 Å². The maximum atomic E-state index is 12.3. The second kappa shape index (κ2) is 6.05. The van der Waals surface area contributed by atoms with Crippen molar-refractivity contribution in [1.29, 1.82) is 0 Å². The first-order chi connectivity index (χ1) is 9.00. The summed E-state index contributed by atoms with van der Waals surface area (Å²) in [4.78, 5) is 12.3. The molecule has 1 saturated heterocycles. The van der Waals surface area contributed by atoms with Gasteiger partial charge in [0.25, 0.3) is 5.91 Å². The molecule has 2 heterocycles. The van der Waals surface area contributed by atoms with Gasteiger partial charge in [0.05, 0.1) is 10.2 Å². The summed E-state index contributed by atoms with van der Waals surface area (Å²) in [5, 5.41) is 13.5. The third-order valence-corrected chi connectivity index (χ3v) is 4.41. The second-order valence-corrected chi connectivity index (χ2v) is 6.21. The van der Waals surface area contributed by atoms with Gasteiger partial charge in [-0.3, -0.25) is 9.89 Å². The second-order valence-electron chi connectivity index (χ2n) is 5.42. The molecule has 106 valence electrons. The molecule has 5 nitrogen and oxygen atoms in total. The fourth-order valence-electron chi connectivity index (χ4n) is 2.35. The highest BCUT2D eigenvalue weighted by molar-refractivity contribution is 9.10. The molecule has 1 aromatic heterocycles. The van der Waals surface area contributed by atoms with Crippen molar-refractivity contribution in [3.63, 3.8) is 0 Å². The van der Waals surface area contributed by atoms with Crippen LogP contribution in [0.2, 0.25) is 0 Å². The molecule has 0 aromatic carbocycles. The Morgan fingerprint density at radius 3 is 2.84 bits per heavy atom. The summed E-state index contributed by atoms with van der Waals surface area (Å²) >= 11 is 3.46. The van der Waals surface area contributed by atoms with Gasteiger partial charge in [-0.1, -0.05) is 13.8 Å². The van der Waals surface area contributed by atoms with Crippen LogP contribution in [0.5, 0.6) is 0 Å². The van der Waals surface area contributed by atoms with Crippen LogP contribution in [-0.2, 0) is 0 Å². The van der Waals surface area contributed by atoms with E-state index in [0.717, 1.165) is 29.6 Å². The number of nitrogens with one attached hydrogen (secondary N) is 3. The van der Waals surface area contributed by atoms with E-state index in [1.54, 1.807) is 0 Å². The highest BCUT2D eigenvalue weighted by atomic mass is 79.9. The molecule has 0 bridgehead atoms. The van der Waals surface area contributed by atoms with Crippen LogP contribution in [-0.4, -0.2) is 34.7 Å². The van der Waals surface area contributed by atoms with Crippen LogP contribution < -0.4 is 10.6 Å². The monoisotopic (exact) mass is 328 g/mol. The molecular formula is C13H21BrN4O. The summed E-state index contributed by atoms with van der Waals surface area (Å²) < 4.78 is 0.774. The Balaban J connectivity index is 2.07. The molecule has 6 heteroatoms. The fourth-order valence-corrected chi connectivity index (χ4v) is 3.17. The van der Waals surface area contributed by atoms with E-state index >= 15 is 0 Å². The Labute approximate surface area is 122 Å². The largest absolute Gasteiger partial charge is 0.346 e. The van der Waals surface area contributed by atoms with E-state index in [1.165, 1.54) is 0 Å². The molecule has 2 unspecified atom stereocenters. The number of carbonyl (C=O) groups is 1. The van der Waals surface area contributed by atoms with Crippen LogP contribution >= 0.6 is 15.9 Å². The van der Waals surface area contributed by atoms with Gasteiger partial charge < -0.3 is 10.6 Å². The highest BCUT2D eigenvalue weighted by Crippen LogP contribution is 2.25. The predicted molar refractivity (Wildman–Crippen MR) is 78.3 cm³/mol. The zero-order chi connectivity index (χ0) is 14.0. The molecule has 1 amide bonds. The van der Waals surface area contributed by atoms with Crippen LogP contribution in [0, 0.1) is 0 Å². The van der Waals surface area contributed by atoms with Crippen molar-refractivity contribution in [2.75, 3.05) is 6.54 Å². The molecule has 3 N–H and O–H groups in total. The van der Waals surface area contributed by atoms with Crippen molar-refractivity contribution in [2.45, 2.75) is 51.6 Å². The predicted octanol–water partition coefficient (Wildman–Crippen LogP) is 2.17. The van der Waals surface area contributed by atoms with Gasteiger partial charge in [0.1, 0.15) is 0 Å². The van der Waals surface area contributed by atoms with Gasteiger partial charge in [-0.15, -0.1) is 0 Å².